The molecule has 0 aliphatic heterocycles. The highest BCUT2D eigenvalue weighted by Crippen LogP contribution is 2.48. The smallest absolute Gasteiger partial charge is 0.326 e. The fourth-order valence-corrected chi connectivity index (χ4v) is 4.90. The Morgan fingerprint density at radius 2 is 1.39 bits per heavy atom. The van der Waals surface area contributed by atoms with Crippen LogP contribution in [0.25, 0.3) is 0 Å². The Bertz CT molecular complexity index is 756. The molecule has 0 radical (unpaired) electrons. The van der Waals surface area contributed by atoms with Gasteiger partial charge in [-0.25, -0.2) is 0 Å². The number of carboxylic acid groups (broad SMARTS) is 1. The summed E-state index contributed by atoms with van der Waals surface area (Å²) >= 11 is 0. The first-order valence-electron chi connectivity index (χ1n) is 12.8. The number of aliphatic hydroxyl groups is 3. The minimum atomic E-state index is -3.14. The van der Waals surface area contributed by atoms with Crippen LogP contribution in [-0.2, 0) is 24.0 Å². The Balaban J connectivity index is 5.40. The normalized spacial score (nSPS) is 15.3. The fraction of sp³-hybridized carbons (Fsp3) is 0.741. The van der Waals surface area contributed by atoms with Crippen molar-refractivity contribution < 1.29 is 44.4 Å². The Kier molecular flexibility index (Phi) is 15.5. The predicted molar refractivity (Wildman–Crippen MR) is 134 cm³/mol. The number of Topliss-reactive ketones (excluding diaryl/α,β-unsaturated/α-hetero) is 4. The zero-order chi connectivity index (χ0) is 27.9. The van der Waals surface area contributed by atoms with Crippen LogP contribution in [0.5, 0.6) is 0 Å². The molecule has 4 N–H and O–H groups in total. The van der Waals surface area contributed by atoms with Crippen molar-refractivity contribution in [3.05, 3.63) is 12.2 Å². The Morgan fingerprint density at radius 1 is 0.806 bits per heavy atom. The largest absolute Gasteiger partial charge is 0.480 e. The predicted octanol–water partition coefficient (Wildman–Crippen LogP) is 2.96. The third-order valence-electron chi connectivity index (χ3n) is 6.92. The van der Waals surface area contributed by atoms with Crippen molar-refractivity contribution in [1.82, 2.24) is 0 Å². The van der Waals surface area contributed by atoms with Crippen molar-refractivity contribution in [3.8, 4) is 0 Å². The summed E-state index contributed by atoms with van der Waals surface area (Å²) in [5, 5.41) is 39.1. The molecule has 3 atom stereocenters. The first kappa shape index (κ1) is 33.8. The molecule has 0 aliphatic rings. The summed E-state index contributed by atoms with van der Waals surface area (Å²) in [6.45, 7) is 3.67. The van der Waals surface area contributed by atoms with E-state index in [0.717, 1.165) is 52.9 Å². The number of rotatable bonds is 21. The van der Waals surface area contributed by atoms with E-state index in [4.69, 9.17) is 0 Å². The van der Waals surface area contributed by atoms with Gasteiger partial charge < -0.3 is 20.4 Å². The Hall–Kier alpha value is -2.23. The zero-order valence-corrected chi connectivity index (χ0v) is 22.1. The van der Waals surface area contributed by atoms with E-state index in [2.05, 4.69) is 6.92 Å². The molecule has 0 amide bonds. The van der Waals surface area contributed by atoms with Crippen molar-refractivity contribution in [1.29, 1.82) is 0 Å². The van der Waals surface area contributed by atoms with Gasteiger partial charge in [-0.05, 0) is 52.9 Å². The lowest BCUT2D eigenvalue weighted by Gasteiger charge is -2.42. The molecule has 0 bridgehead atoms. The molecular formula is C27H44O9. The highest BCUT2D eigenvalue weighted by Gasteiger charge is 2.70. The number of ketones is 4. The van der Waals surface area contributed by atoms with Gasteiger partial charge in [-0.1, -0.05) is 57.6 Å². The molecule has 2 unspecified atom stereocenters. The van der Waals surface area contributed by atoms with Gasteiger partial charge >= 0.3 is 5.97 Å². The number of hydrogen-bond donors (Lipinski definition) is 4. The van der Waals surface area contributed by atoms with Crippen molar-refractivity contribution in [2.45, 2.75) is 111 Å². The van der Waals surface area contributed by atoms with E-state index in [1.54, 1.807) is 0 Å². The average molecular weight is 513 g/mol. The van der Waals surface area contributed by atoms with E-state index in [9.17, 15) is 44.4 Å². The van der Waals surface area contributed by atoms with E-state index in [0.29, 0.717) is 25.7 Å². The number of hydrogen-bond acceptors (Lipinski definition) is 8. The van der Waals surface area contributed by atoms with Crippen molar-refractivity contribution in [3.63, 3.8) is 0 Å². The Morgan fingerprint density at radius 3 is 1.86 bits per heavy atom. The zero-order valence-electron chi connectivity index (χ0n) is 22.1. The molecule has 9 heteroatoms. The molecule has 0 spiro atoms. The number of carbonyl (C=O) groups excluding carboxylic acids is 4. The summed E-state index contributed by atoms with van der Waals surface area (Å²) in [5.74, 6) is -6.76. The molecule has 9 nitrogen and oxygen atoms in total. The van der Waals surface area contributed by atoms with Crippen LogP contribution in [0, 0.1) is 10.8 Å². The van der Waals surface area contributed by atoms with E-state index in [1.807, 2.05) is 12.2 Å². The lowest BCUT2D eigenvalue weighted by molar-refractivity contribution is -0.180. The van der Waals surface area contributed by atoms with Crippen LogP contribution < -0.4 is 0 Å². The second-order valence-electron chi connectivity index (χ2n) is 9.50. The Labute approximate surface area is 214 Å². The first-order valence-corrected chi connectivity index (χ1v) is 12.8. The van der Waals surface area contributed by atoms with Crippen LogP contribution >= 0.6 is 0 Å². The molecule has 0 fully saturated rings. The third kappa shape index (κ3) is 8.15. The van der Waals surface area contributed by atoms with Crippen LogP contribution in [0.4, 0.5) is 0 Å². The van der Waals surface area contributed by atoms with E-state index in [-0.39, 0.29) is 18.9 Å². The number of carboxylic acids is 1. The number of carbonyl (C=O) groups is 5. The van der Waals surface area contributed by atoms with Crippen LogP contribution in [0.15, 0.2) is 12.2 Å². The number of allylic oxidation sites excluding steroid dienone is 1. The summed E-state index contributed by atoms with van der Waals surface area (Å²) < 4.78 is 0. The van der Waals surface area contributed by atoms with E-state index >= 15 is 0 Å². The van der Waals surface area contributed by atoms with E-state index in [1.165, 1.54) is 0 Å². The third-order valence-corrected chi connectivity index (χ3v) is 6.92. The number of aliphatic carboxylic acids is 1. The van der Waals surface area contributed by atoms with Gasteiger partial charge in [0.1, 0.15) is 23.1 Å². The molecule has 36 heavy (non-hydrogen) atoms. The maximum Gasteiger partial charge on any atom is 0.326 e. The molecule has 0 rings (SSSR count). The van der Waals surface area contributed by atoms with Crippen molar-refractivity contribution >= 4 is 29.1 Å². The summed E-state index contributed by atoms with van der Waals surface area (Å²) in [4.78, 5) is 63.6. The topological polar surface area (TPSA) is 166 Å². The second kappa shape index (κ2) is 16.5. The van der Waals surface area contributed by atoms with Crippen molar-refractivity contribution in [2.75, 3.05) is 6.61 Å². The SMILES string of the molecule is CCCCCC[C@@H](O)C/C=C\CCCCCC(C(C)=O)(C(C)=O)C(C(C)=O)(C(=O)O)C(=O)C(O)CO. The average Bonchev–Trinajstić information content (AvgIpc) is 2.80. The van der Waals surface area contributed by atoms with Gasteiger partial charge in [-0.3, -0.25) is 24.0 Å². The molecule has 0 aliphatic carbocycles. The highest BCUT2D eigenvalue weighted by molar-refractivity contribution is 6.30. The van der Waals surface area contributed by atoms with Crippen LogP contribution in [0.2, 0.25) is 0 Å². The maximum atomic E-state index is 12.9. The lowest BCUT2D eigenvalue weighted by Crippen LogP contribution is -2.65. The lowest BCUT2D eigenvalue weighted by atomic mass is 9.53. The first-order chi connectivity index (χ1) is 16.9. The fourth-order valence-electron chi connectivity index (χ4n) is 4.90. The minimum Gasteiger partial charge on any atom is -0.480 e. The molecular weight excluding hydrogens is 468 g/mol. The summed E-state index contributed by atoms with van der Waals surface area (Å²) in [6.07, 6.45) is 8.52. The van der Waals surface area contributed by atoms with Gasteiger partial charge in [-0.2, -0.15) is 0 Å². The van der Waals surface area contributed by atoms with Crippen LogP contribution in [-0.4, -0.2) is 68.3 Å². The van der Waals surface area contributed by atoms with Crippen molar-refractivity contribution in [2.24, 2.45) is 10.8 Å². The van der Waals surface area contributed by atoms with Gasteiger partial charge in [0.25, 0.3) is 0 Å². The highest BCUT2D eigenvalue weighted by atomic mass is 16.4. The number of aliphatic hydroxyl groups excluding tert-OH is 3. The van der Waals surface area contributed by atoms with Gasteiger partial charge in [0.05, 0.1) is 12.7 Å². The van der Waals surface area contributed by atoms with Gasteiger partial charge in [0, 0.05) is 0 Å². The molecule has 0 saturated carbocycles. The molecule has 0 aromatic heterocycles. The molecule has 0 aromatic carbocycles. The maximum absolute atomic E-state index is 12.9. The van der Waals surface area contributed by atoms with Crippen LogP contribution in [0.3, 0.4) is 0 Å². The number of unbranched alkanes of at least 4 members (excludes halogenated alkanes) is 6. The van der Waals surface area contributed by atoms with Gasteiger partial charge in [-0.15, -0.1) is 0 Å². The monoisotopic (exact) mass is 512 g/mol. The van der Waals surface area contributed by atoms with Gasteiger partial charge in [0.2, 0.25) is 5.41 Å². The summed E-state index contributed by atoms with van der Waals surface area (Å²) in [5.41, 5.74) is -5.64. The van der Waals surface area contributed by atoms with E-state index < -0.39 is 52.6 Å². The summed E-state index contributed by atoms with van der Waals surface area (Å²) in [6, 6.07) is 0. The molecule has 0 saturated heterocycles. The second-order valence-corrected chi connectivity index (χ2v) is 9.50. The standard InChI is InChI=1S/C27H44O9/c1-5-6-7-12-15-22(32)16-13-10-8-9-11-14-17-26(19(2)29,20(3)30)27(21(4)31,25(35)36)24(34)23(33)18-28/h10,13,22-23,28,32-33H,5-9,11-12,14-18H2,1-4H3,(H,35,36)/b13-10-/t22-,23?,27?/m1/s1. The minimum absolute atomic E-state index is 0.178. The molecule has 0 heterocycles. The quantitative estimate of drug-likeness (QED) is 0.103. The summed E-state index contributed by atoms with van der Waals surface area (Å²) in [7, 11) is 0. The van der Waals surface area contributed by atoms with Crippen LogP contribution in [0.1, 0.15) is 98.3 Å². The molecule has 0 aromatic rings. The molecule has 206 valence electrons. The van der Waals surface area contributed by atoms with Gasteiger partial charge in [0.15, 0.2) is 11.6 Å².